The fourth-order valence-corrected chi connectivity index (χ4v) is 3.83. The van der Waals surface area contributed by atoms with Gasteiger partial charge in [0.1, 0.15) is 5.76 Å². The number of hydrogen-bond donors (Lipinski definition) is 1. The summed E-state index contributed by atoms with van der Waals surface area (Å²) < 4.78 is 43.7. The van der Waals surface area contributed by atoms with Gasteiger partial charge in [0, 0.05) is 24.5 Å². The van der Waals surface area contributed by atoms with Crippen LogP contribution in [0.15, 0.2) is 47.1 Å². The van der Waals surface area contributed by atoms with Gasteiger partial charge in [-0.05, 0) is 36.8 Å². The van der Waals surface area contributed by atoms with Crippen LogP contribution >= 0.6 is 11.8 Å². The highest BCUT2D eigenvalue weighted by molar-refractivity contribution is 7.99. The highest BCUT2D eigenvalue weighted by Crippen LogP contribution is 2.35. The van der Waals surface area contributed by atoms with Crippen molar-refractivity contribution >= 4 is 23.5 Å². The quantitative estimate of drug-likeness (QED) is 0.808. The first-order valence-corrected chi connectivity index (χ1v) is 8.86. The Morgan fingerprint density at radius 3 is 2.80 bits per heavy atom. The first kappa shape index (κ1) is 17.7. The van der Waals surface area contributed by atoms with E-state index in [0.29, 0.717) is 13.1 Å². The minimum absolute atomic E-state index is 0.138. The summed E-state index contributed by atoms with van der Waals surface area (Å²) in [5.74, 6) is 1.62. The first-order chi connectivity index (χ1) is 11.9. The number of urea groups is 1. The van der Waals surface area contributed by atoms with Crippen molar-refractivity contribution in [3.8, 4) is 0 Å². The minimum Gasteiger partial charge on any atom is -0.468 e. The number of anilines is 1. The van der Waals surface area contributed by atoms with E-state index in [2.05, 4.69) is 5.32 Å². The van der Waals surface area contributed by atoms with E-state index in [-0.39, 0.29) is 17.0 Å². The molecule has 25 heavy (non-hydrogen) atoms. The fraction of sp³-hybridized carbons (Fsp3) is 0.353. The first-order valence-electron chi connectivity index (χ1n) is 7.81. The summed E-state index contributed by atoms with van der Waals surface area (Å²) in [6.07, 6.45) is -2.08. The number of nitrogens with zero attached hydrogens (tertiary/aromatic N) is 1. The predicted molar refractivity (Wildman–Crippen MR) is 90.6 cm³/mol. The number of benzene rings is 1. The molecule has 1 atom stereocenters. The molecule has 1 unspecified atom stereocenters. The molecule has 0 bridgehead atoms. The third-order valence-electron chi connectivity index (χ3n) is 3.93. The molecule has 1 fully saturated rings. The fourth-order valence-electron chi connectivity index (χ4n) is 2.65. The van der Waals surface area contributed by atoms with E-state index < -0.39 is 11.7 Å². The lowest BCUT2D eigenvalue weighted by molar-refractivity contribution is -0.137. The summed E-state index contributed by atoms with van der Waals surface area (Å²) in [6.45, 7) is 1.05. The monoisotopic (exact) mass is 370 g/mol. The van der Waals surface area contributed by atoms with Gasteiger partial charge < -0.3 is 14.6 Å². The van der Waals surface area contributed by atoms with Crippen LogP contribution < -0.4 is 5.32 Å². The summed E-state index contributed by atoms with van der Waals surface area (Å²) in [7, 11) is 0. The number of furan rings is 1. The smallest absolute Gasteiger partial charge is 0.416 e. The van der Waals surface area contributed by atoms with Crippen molar-refractivity contribution in [2.45, 2.75) is 17.8 Å². The van der Waals surface area contributed by atoms with Gasteiger partial charge in [-0.1, -0.05) is 6.07 Å². The second kappa shape index (κ2) is 7.43. The Bertz CT molecular complexity index is 719. The lowest BCUT2D eigenvalue weighted by atomic mass is 10.2. The number of carbonyl (C=O) groups excluding carboxylic acids is 1. The highest BCUT2D eigenvalue weighted by atomic mass is 32.2. The van der Waals surface area contributed by atoms with Crippen LogP contribution in [-0.2, 0) is 6.18 Å². The van der Waals surface area contributed by atoms with Crippen molar-refractivity contribution in [3.63, 3.8) is 0 Å². The van der Waals surface area contributed by atoms with Crippen LogP contribution in [0.25, 0.3) is 0 Å². The molecular weight excluding hydrogens is 353 g/mol. The highest BCUT2D eigenvalue weighted by Gasteiger charge is 2.30. The van der Waals surface area contributed by atoms with Crippen molar-refractivity contribution in [1.29, 1.82) is 0 Å². The van der Waals surface area contributed by atoms with Gasteiger partial charge in [-0.25, -0.2) is 4.79 Å². The molecule has 2 heterocycles. The molecule has 1 N–H and O–H groups in total. The van der Waals surface area contributed by atoms with Gasteiger partial charge in [-0.15, -0.1) is 11.8 Å². The van der Waals surface area contributed by atoms with Gasteiger partial charge in [0.25, 0.3) is 0 Å². The average molecular weight is 370 g/mol. The zero-order valence-electron chi connectivity index (χ0n) is 13.3. The van der Waals surface area contributed by atoms with Crippen molar-refractivity contribution < 1.29 is 22.4 Å². The van der Waals surface area contributed by atoms with E-state index >= 15 is 0 Å². The van der Waals surface area contributed by atoms with E-state index in [1.165, 1.54) is 12.1 Å². The number of amides is 2. The van der Waals surface area contributed by atoms with Crippen LogP contribution in [0.1, 0.15) is 23.0 Å². The maximum atomic E-state index is 12.8. The van der Waals surface area contributed by atoms with E-state index in [4.69, 9.17) is 4.42 Å². The Balaban J connectivity index is 1.62. The number of hydrogen-bond acceptors (Lipinski definition) is 3. The molecule has 0 aliphatic carbocycles. The standard InChI is InChI=1S/C17H17F3N2O2S/c18-17(19,20)12-3-1-4-13(11-12)21-16(23)22-7-6-15(25-10-8-22)14-5-2-9-24-14/h1-5,9,11,15H,6-8,10H2,(H,21,23). The third kappa shape index (κ3) is 4.50. The number of carbonyl (C=O) groups is 1. The molecule has 1 aliphatic heterocycles. The largest absolute Gasteiger partial charge is 0.468 e. The van der Waals surface area contributed by atoms with Crippen LogP contribution in [0.5, 0.6) is 0 Å². The predicted octanol–water partition coefficient (Wildman–Crippen LogP) is 5.01. The molecular formula is C17H17F3N2O2S. The lowest BCUT2D eigenvalue weighted by Gasteiger charge is -2.21. The second-order valence-electron chi connectivity index (χ2n) is 5.66. The Morgan fingerprint density at radius 2 is 2.08 bits per heavy atom. The summed E-state index contributed by atoms with van der Waals surface area (Å²) in [5, 5.41) is 2.74. The lowest BCUT2D eigenvalue weighted by Crippen LogP contribution is -2.36. The molecule has 2 aromatic rings. The molecule has 2 amide bonds. The van der Waals surface area contributed by atoms with Gasteiger partial charge in [-0.3, -0.25) is 0 Å². The van der Waals surface area contributed by atoms with Gasteiger partial charge in [0.05, 0.1) is 17.1 Å². The maximum absolute atomic E-state index is 12.8. The van der Waals surface area contributed by atoms with E-state index in [9.17, 15) is 18.0 Å². The molecule has 134 valence electrons. The Kier molecular flexibility index (Phi) is 5.27. The molecule has 0 spiro atoms. The van der Waals surface area contributed by atoms with Gasteiger partial charge in [0.15, 0.2) is 0 Å². The van der Waals surface area contributed by atoms with E-state index in [0.717, 1.165) is 30.1 Å². The van der Waals surface area contributed by atoms with Crippen molar-refractivity contribution in [1.82, 2.24) is 4.90 Å². The molecule has 1 aromatic carbocycles. The number of thioether (sulfide) groups is 1. The number of halogens is 3. The Labute approximate surface area is 147 Å². The summed E-state index contributed by atoms with van der Waals surface area (Å²) in [6, 6.07) is 8.01. The summed E-state index contributed by atoms with van der Waals surface area (Å²) in [5.41, 5.74) is -0.645. The zero-order chi connectivity index (χ0) is 17.9. The number of rotatable bonds is 2. The normalized spacial score (nSPS) is 18.7. The average Bonchev–Trinajstić information content (AvgIpc) is 2.99. The molecule has 1 aromatic heterocycles. The van der Waals surface area contributed by atoms with Crippen molar-refractivity contribution in [2.75, 3.05) is 24.2 Å². The molecule has 4 nitrogen and oxygen atoms in total. The van der Waals surface area contributed by atoms with Gasteiger partial charge in [-0.2, -0.15) is 13.2 Å². The molecule has 3 rings (SSSR count). The van der Waals surface area contributed by atoms with Crippen molar-refractivity contribution in [2.24, 2.45) is 0 Å². The van der Waals surface area contributed by atoms with E-state index in [1.54, 1.807) is 22.9 Å². The second-order valence-corrected chi connectivity index (χ2v) is 6.97. The summed E-state index contributed by atoms with van der Waals surface area (Å²) >= 11 is 1.71. The molecule has 1 aliphatic rings. The maximum Gasteiger partial charge on any atom is 0.416 e. The molecule has 0 radical (unpaired) electrons. The van der Waals surface area contributed by atoms with Crippen LogP contribution in [0.2, 0.25) is 0 Å². The van der Waals surface area contributed by atoms with E-state index in [1.807, 2.05) is 12.1 Å². The molecule has 1 saturated heterocycles. The van der Waals surface area contributed by atoms with Crippen LogP contribution in [0.4, 0.5) is 23.7 Å². The number of nitrogens with one attached hydrogen (secondary N) is 1. The van der Waals surface area contributed by atoms with Crippen LogP contribution in [0, 0.1) is 0 Å². The molecule has 8 heteroatoms. The summed E-state index contributed by atoms with van der Waals surface area (Å²) in [4.78, 5) is 14.0. The van der Waals surface area contributed by atoms with Crippen LogP contribution in [-0.4, -0.2) is 29.8 Å². The van der Waals surface area contributed by atoms with Crippen molar-refractivity contribution in [3.05, 3.63) is 54.0 Å². The SMILES string of the molecule is O=C(Nc1cccc(C(F)(F)F)c1)N1CCSC(c2ccco2)CC1. The van der Waals surface area contributed by atoms with Crippen LogP contribution in [0.3, 0.4) is 0 Å². The Hall–Kier alpha value is -2.09. The minimum atomic E-state index is -4.43. The van der Waals surface area contributed by atoms with Gasteiger partial charge in [0.2, 0.25) is 0 Å². The third-order valence-corrected chi connectivity index (χ3v) is 5.22. The number of alkyl halides is 3. The topological polar surface area (TPSA) is 45.5 Å². The zero-order valence-corrected chi connectivity index (χ0v) is 14.1. The van der Waals surface area contributed by atoms with Gasteiger partial charge >= 0.3 is 12.2 Å². The molecule has 0 saturated carbocycles. The Morgan fingerprint density at radius 1 is 1.24 bits per heavy atom.